The third-order valence-corrected chi connectivity index (χ3v) is 7.12. The molecule has 0 radical (unpaired) electrons. The van der Waals surface area contributed by atoms with E-state index in [-0.39, 0.29) is 30.4 Å². The number of morpholine rings is 1. The van der Waals surface area contributed by atoms with E-state index >= 15 is 0 Å². The number of halogens is 3. The molecule has 2 N–H and O–H groups in total. The van der Waals surface area contributed by atoms with Crippen LogP contribution in [0.4, 0.5) is 13.6 Å². The smallest absolute Gasteiger partial charge is 0.320 e. The summed E-state index contributed by atoms with van der Waals surface area (Å²) in [5.74, 6) is 0.149. The lowest BCUT2D eigenvalue weighted by Gasteiger charge is -2.42. The van der Waals surface area contributed by atoms with E-state index in [0.717, 1.165) is 5.56 Å². The van der Waals surface area contributed by atoms with E-state index in [1.165, 1.54) is 18.2 Å². The number of carbonyl (C=O) groups is 1. The third-order valence-electron chi connectivity index (χ3n) is 6.89. The molecule has 1 aliphatic heterocycles. The molecule has 40 heavy (non-hydrogen) atoms. The van der Waals surface area contributed by atoms with Crippen molar-refractivity contribution < 1.29 is 18.3 Å². The summed E-state index contributed by atoms with van der Waals surface area (Å²) in [6.07, 6.45) is 0.266. The highest BCUT2D eigenvalue weighted by molar-refractivity contribution is 6.30. The average Bonchev–Trinajstić information content (AvgIpc) is 3.34. The number of hydrogen-bond donors (Lipinski definition) is 1. The molecule has 3 aromatic rings. The fraction of sp³-hybridized carbons (Fsp3) is 0.483. The van der Waals surface area contributed by atoms with Gasteiger partial charge in [-0.15, -0.1) is 0 Å². The Morgan fingerprint density at radius 3 is 2.52 bits per heavy atom. The summed E-state index contributed by atoms with van der Waals surface area (Å²) in [5, 5.41) is 5.08. The molecule has 1 fully saturated rings. The van der Waals surface area contributed by atoms with E-state index < -0.39 is 30.0 Å². The van der Waals surface area contributed by atoms with E-state index in [1.807, 2.05) is 51.1 Å². The number of aromatic nitrogens is 3. The number of rotatable bonds is 9. The van der Waals surface area contributed by atoms with E-state index in [4.69, 9.17) is 32.2 Å². The van der Waals surface area contributed by atoms with Crippen LogP contribution in [0.25, 0.3) is 11.4 Å². The van der Waals surface area contributed by atoms with Crippen LogP contribution in [0, 0.1) is 11.2 Å². The van der Waals surface area contributed by atoms with Crippen LogP contribution in [0.2, 0.25) is 5.02 Å². The Hall–Kier alpha value is -3.08. The molecule has 216 valence electrons. The number of benzene rings is 2. The SMILES string of the molecule is CC(C)(C)C(c1nc(-c2cc(Cl)ccc2F)nn1Cc1ccccc1)N(CC[C@H](N)CF)C(=O)N1CCOCC1. The molecule has 2 heterocycles. The molecular weight excluding hydrogens is 538 g/mol. The molecule has 2 atom stereocenters. The van der Waals surface area contributed by atoms with Crippen molar-refractivity contribution in [3.05, 3.63) is 70.8 Å². The van der Waals surface area contributed by atoms with Gasteiger partial charge in [-0.1, -0.05) is 62.7 Å². The van der Waals surface area contributed by atoms with Crippen LogP contribution in [0.1, 0.15) is 44.6 Å². The molecule has 8 nitrogen and oxygen atoms in total. The molecule has 0 aliphatic carbocycles. The number of carbonyl (C=O) groups excluding carboxylic acids is 1. The maximum Gasteiger partial charge on any atom is 0.320 e. The van der Waals surface area contributed by atoms with Crippen LogP contribution in [-0.4, -0.2) is 76.2 Å². The molecule has 2 amide bonds. The average molecular weight is 575 g/mol. The minimum Gasteiger partial charge on any atom is -0.378 e. The third kappa shape index (κ3) is 7.16. The van der Waals surface area contributed by atoms with Crippen LogP contribution in [0.15, 0.2) is 48.5 Å². The number of alkyl halides is 1. The maximum absolute atomic E-state index is 15.0. The van der Waals surface area contributed by atoms with Crippen molar-refractivity contribution >= 4 is 17.6 Å². The van der Waals surface area contributed by atoms with E-state index in [2.05, 4.69) is 0 Å². The number of hydrogen-bond acceptors (Lipinski definition) is 5. The van der Waals surface area contributed by atoms with Gasteiger partial charge in [-0.3, -0.25) is 0 Å². The van der Waals surface area contributed by atoms with Crippen molar-refractivity contribution in [2.24, 2.45) is 11.1 Å². The van der Waals surface area contributed by atoms with Gasteiger partial charge in [0.1, 0.15) is 12.5 Å². The summed E-state index contributed by atoms with van der Waals surface area (Å²) in [7, 11) is 0. The highest BCUT2D eigenvalue weighted by Crippen LogP contribution is 2.39. The van der Waals surface area contributed by atoms with Crippen LogP contribution in [0.3, 0.4) is 0 Å². The molecule has 0 bridgehead atoms. The second kappa shape index (κ2) is 13.1. The van der Waals surface area contributed by atoms with E-state index in [9.17, 15) is 13.6 Å². The molecule has 0 saturated carbocycles. The van der Waals surface area contributed by atoms with Gasteiger partial charge in [-0.05, 0) is 35.6 Å². The zero-order valence-electron chi connectivity index (χ0n) is 23.2. The number of amides is 2. The summed E-state index contributed by atoms with van der Waals surface area (Å²) in [6.45, 7) is 7.65. The Bertz CT molecular complexity index is 1280. The monoisotopic (exact) mass is 574 g/mol. The Balaban J connectivity index is 1.85. The largest absolute Gasteiger partial charge is 0.378 e. The maximum atomic E-state index is 15.0. The first-order valence-corrected chi connectivity index (χ1v) is 13.8. The zero-order valence-corrected chi connectivity index (χ0v) is 24.0. The predicted molar refractivity (Wildman–Crippen MR) is 151 cm³/mol. The van der Waals surface area contributed by atoms with Crippen molar-refractivity contribution in [3.63, 3.8) is 0 Å². The number of nitrogens with zero attached hydrogens (tertiary/aromatic N) is 5. The lowest BCUT2D eigenvalue weighted by Crippen LogP contribution is -2.52. The van der Waals surface area contributed by atoms with Crippen LogP contribution < -0.4 is 5.73 Å². The molecule has 1 saturated heterocycles. The Morgan fingerprint density at radius 1 is 1.18 bits per heavy atom. The standard InChI is InChI=1S/C29H37ClF2N6O2/c1-29(2,3)25(37(12-11-22(33)18-31)28(39)36-13-15-40-16-14-36)27-34-26(23-17-21(30)9-10-24(23)32)35-38(27)19-20-7-5-4-6-8-20/h4-10,17,22,25H,11-16,18-19,33H2,1-3H3/t22-,25?/m0/s1. The number of nitrogens with two attached hydrogens (primary N) is 1. The van der Waals surface area contributed by atoms with Crippen LogP contribution in [0.5, 0.6) is 0 Å². The second-order valence-corrected chi connectivity index (χ2v) is 11.5. The minimum absolute atomic E-state index is 0.165. The highest BCUT2D eigenvalue weighted by atomic mass is 35.5. The number of urea groups is 1. The Kier molecular flexibility index (Phi) is 9.76. The van der Waals surface area contributed by atoms with Crippen molar-refractivity contribution in [1.29, 1.82) is 0 Å². The zero-order chi connectivity index (χ0) is 28.9. The molecular formula is C29H37ClF2N6O2. The van der Waals surface area contributed by atoms with E-state index in [0.29, 0.717) is 43.7 Å². The summed E-state index contributed by atoms with van der Waals surface area (Å²) in [6, 6.07) is 12.4. The number of ether oxygens (including phenoxy) is 1. The fourth-order valence-electron chi connectivity index (χ4n) is 4.86. The first kappa shape index (κ1) is 29.9. The van der Waals surface area contributed by atoms with Crippen molar-refractivity contribution in [2.75, 3.05) is 39.5 Å². The Morgan fingerprint density at radius 2 is 1.88 bits per heavy atom. The quantitative estimate of drug-likeness (QED) is 0.374. The lowest BCUT2D eigenvalue weighted by molar-refractivity contribution is 0.0275. The minimum atomic E-state index is -0.709. The van der Waals surface area contributed by atoms with Crippen LogP contribution in [-0.2, 0) is 11.3 Å². The first-order chi connectivity index (χ1) is 19.1. The van der Waals surface area contributed by atoms with Gasteiger partial charge >= 0.3 is 6.03 Å². The Labute approximate surface area is 239 Å². The van der Waals surface area contributed by atoms with Crippen molar-refractivity contribution in [3.8, 4) is 11.4 Å². The predicted octanol–water partition coefficient (Wildman–Crippen LogP) is 5.31. The molecule has 1 unspecified atom stereocenters. The van der Waals surface area contributed by atoms with Gasteiger partial charge in [0.25, 0.3) is 0 Å². The lowest BCUT2D eigenvalue weighted by atomic mass is 9.84. The normalized spacial score (nSPS) is 15.6. The first-order valence-electron chi connectivity index (χ1n) is 13.5. The topological polar surface area (TPSA) is 89.5 Å². The van der Waals surface area contributed by atoms with Gasteiger partial charge < -0.3 is 20.3 Å². The van der Waals surface area contributed by atoms with Gasteiger partial charge in [0.15, 0.2) is 11.6 Å². The van der Waals surface area contributed by atoms with Gasteiger partial charge in [-0.2, -0.15) is 5.10 Å². The van der Waals surface area contributed by atoms with Gasteiger partial charge in [0.2, 0.25) is 0 Å². The summed E-state index contributed by atoms with van der Waals surface area (Å²) < 4.78 is 35.5. The summed E-state index contributed by atoms with van der Waals surface area (Å²) in [5.41, 5.74) is 6.55. The summed E-state index contributed by atoms with van der Waals surface area (Å²) >= 11 is 6.20. The molecule has 1 aromatic heterocycles. The molecule has 2 aromatic carbocycles. The molecule has 0 spiro atoms. The van der Waals surface area contributed by atoms with Crippen molar-refractivity contribution in [1.82, 2.24) is 24.6 Å². The van der Waals surface area contributed by atoms with Gasteiger partial charge in [0.05, 0.1) is 31.4 Å². The molecule has 11 heteroatoms. The second-order valence-electron chi connectivity index (χ2n) is 11.1. The van der Waals surface area contributed by atoms with Crippen molar-refractivity contribution in [2.45, 2.75) is 45.8 Å². The van der Waals surface area contributed by atoms with E-state index in [1.54, 1.807) is 14.5 Å². The highest BCUT2D eigenvalue weighted by Gasteiger charge is 2.40. The van der Waals surface area contributed by atoms with Gasteiger partial charge in [-0.25, -0.2) is 23.2 Å². The summed E-state index contributed by atoms with van der Waals surface area (Å²) in [4.78, 5) is 22.3. The van der Waals surface area contributed by atoms with Crippen LogP contribution >= 0.6 is 11.6 Å². The fourth-order valence-corrected chi connectivity index (χ4v) is 5.03. The van der Waals surface area contributed by atoms with Gasteiger partial charge in [0, 0.05) is 30.7 Å². The molecule has 4 rings (SSSR count). The molecule has 1 aliphatic rings.